The van der Waals surface area contributed by atoms with Gasteiger partial charge in [0, 0.05) is 23.2 Å². The van der Waals surface area contributed by atoms with Gasteiger partial charge in [-0.1, -0.05) is 6.07 Å². The third-order valence-electron chi connectivity index (χ3n) is 3.20. The summed E-state index contributed by atoms with van der Waals surface area (Å²) < 4.78 is 19.0. The number of esters is 1. The molecular formula is C15H16FNO3S. The highest BCUT2D eigenvalue weighted by atomic mass is 32.1. The van der Waals surface area contributed by atoms with Crippen molar-refractivity contribution in [3.05, 3.63) is 35.0 Å². The van der Waals surface area contributed by atoms with Gasteiger partial charge in [0.2, 0.25) is 0 Å². The molecule has 0 aliphatic heterocycles. The van der Waals surface area contributed by atoms with E-state index in [2.05, 4.69) is 4.74 Å². The Labute approximate surface area is 126 Å². The van der Waals surface area contributed by atoms with Gasteiger partial charge < -0.3 is 9.64 Å². The summed E-state index contributed by atoms with van der Waals surface area (Å²) in [4.78, 5) is 25.6. The summed E-state index contributed by atoms with van der Waals surface area (Å²) >= 11 is 1.26. The molecule has 0 fully saturated rings. The molecule has 0 aliphatic carbocycles. The number of carbonyl (C=O) groups is 2. The Hall–Kier alpha value is -1.95. The van der Waals surface area contributed by atoms with Crippen molar-refractivity contribution in [2.24, 2.45) is 0 Å². The van der Waals surface area contributed by atoms with Crippen molar-refractivity contribution < 1.29 is 18.7 Å². The van der Waals surface area contributed by atoms with Crippen LogP contribution in [-0.2, 0) is 9.53 Å². The molecule has 112 valence electrons. The molecule has 0 aliphatic rings. The van der Waals surface area contributed by atoms with E-state index in [0.717, 1.165) is 4.70 Å². The van der Waals surface area contributed by atoms with Gasteiger partial charge in [0.1, 0.15) is 5.82 Å². The van der Waals surface area contributed by atoms with Crippen molar-refractivity contribution in [1.82, 2.24) is 4.90 Å². The van der Waals surface area contributed by atoms with Gasteiger partial charge in [-0.25, -0.2) is 4.39 Å². The minimum absolute atomic E-state index is 0.148. The van der Waals surface area contributed by atoms with Gasteiger partial charge in [-0.05, 0) is 25.1 Å². The fourth-order valence-electron chi connectivity index (χ4n) is 2.02. The fraction of sp³-hybridized carbons (Fsp3) is 0.333. The van der Waals surface area contributed by atoms with Gasteiger partial charge in [-0.2, -0.15) is 0 Å². The first kappa shape index (κ1) is 15.4. The van der Waals surface area contributed by atoms with Gasteiger partial charge in [0.15, 0.2) is 0 Å². The van der Waals surface area contributed by atoms with Crippen molar-refractivity contribution in [3.63, 3.8) is 0 Å². The zero-order valence-electron chi connectivity index (χ0n) is 11.9. The van der Waals surface area contributed by atoms with Crippen molar-refractivity contribution in [3.8, 4) is 0 Å². The number of methoxy groups -OCH3 is 1. The molecule has 0 atom stereocenters. The van der Waals surface area contributed by atoms with Crippen LogP contribution in [-0.4, -0.2) is 37.0 Å². The Balaban J connectivity index is 2.19. The van der Waals surface area contributed by atoms with E-state index in [0.29, 0.717) is 23.4 Å². The highest BCUT2D eigenvalue weighted by molar-refractivity contribution is 7.20. The van der Waals surface area contributed by atoms with E-state index in [1.165, 1.54) is 24.5 Å². The van der Waals surface area contributed by atoms with Crippen LogP contribution < -0.4 is 0 Å². The third kappa shape index (κ3) is 3.39. The van der Waals surface area contributed by atoms with Crippen LogP contribution in [0.4, 0.5) is 4.39 Å². The first-order valence-corrected chi connectivity index (χ1v) is 7.42. The van der Waals surface area contributed by atoms with Crippen LogP contribution in [0.15, 0.2) is 24.3 Å². The van der Waals surface area contributed by atoms with Crippen LogP contribution >= 0.6 is 11.3 Å². The molecule has 0 saturated carbocycles. The van der Waals surface area contributed by atoms with Crippen molar-refractivity contribution >= 4 is 33.3 Å². The average molecular weight is 309 g/mol. The number of thiophene rings is 1. The maximum atomic E-state index is 13.7. The molecule has 4 nitrogen and oxygen atoms in total. The Morgan fingerprint density at radius 1 is 1.38 bits per heavy atom. The molecule has 2 rings (SSSR count). The summed E-state index contributed by atoms with van der Waals surface area (Å²) in [6, 6.07) is 6.35. The predicted octanol–water partition coefficient (Wildman–Crippen LogP) is 3.07. The Kier molecular flexibility index (Phi) is 4.90. The van der Waals surface area contributed by atoms with Crippen LogP contribution in [0.1, 0.15) is 23.0 Å². The summed E-state index contributed by atoms with van der Waals surface area (Å²) in [6.07, 6.45) is 0.148. The predicted molar refractivity (Wildman–Crippen MR) is 80.0 cm³/mol. The minimum atomic E-state index is -0.358. The number of hydrogen-bond donors (Lipinski definition) is 0. The third-order valence-corrected chi connectivity index (χ3v) is 4.29. The monoisotopic (exact) mass is 309 g/mol. The smallest absolute Gasteiger partial charge is 0.307 e. The maximum absolute atomic E-state index is 13.7. The van der Waals surface area contributed by atoms with E-state index >= 15 is 0 Å². The normalized spacial score (nSPS) is 10.6. The fourth-order valence-corrected chi connectivity index (χ4v) is 3.06. The number of benzene rings is 1. The molecule has 0 N–H and O–H groups in total. The van der Waals surface area contributed by atoms with Gasteiger partial charge >= 0.3 is 5.97 Å². The highest BCUT2D eigenvalue weighted by Crippen LogP contribution is 2.28. The number of ether oxygens (including phenoxy) is 1. The molecule has 0 saturated heterocycles. The molecule has 0 unspecified atom stereocenters. The summed E-state index contributed by atoms with van der Waals surface area (Å²) in [5.41, 5.74) is 0. The Morgan fingerprint density at radius 3 is 2.76 bits per heavy atom. The lowest BCUT2D eigenvalue weighted by molar-refractivity contribution is -0.140. The maximum Gasteiger partial charge on any atom is 0.307 e. The van der Waals surface area contributed by atoms with Gasteiger partial charge in [0.05, 0.1) is 18.4 Å². The molecule has 0 spiro atoms. The Bertz CT molecular complexity index is 668. The van der Waals surface area contributed by atoms with Gasteiger partial charge in [0.25, 0.3) is 5.91 Å². The first-order valence-electron chi connectivity index (χ1n) is 6.61. The number of nitrogens with zero attached hydrogens (tertiary/aromatic N) is 1. The van der Waals surface area contributed by atoms with E-state index < -0.39 is 0 Å². The number of carbonyl (C=O) groups excluding carboxylic acids is 2. The Morgan fingerprint density at radius 2 is 2.14 bits per heavy atom. The summed E-state index contributed by atoms with van der Waals surface area (Å²) in [6.45, 7) is 2.61. The number of halogens is 1. The molecule has 0 bridgehead atoms. The summed E-state index contributed by atoms with van der Waals surface area (Å²) in [7, 11) is 1.31. The highest BCUT2D eigenvalue weighted by Gasteiger charge is 2.18. The quantitative estimate of drug-likeness (QED) is 0.798. The van der Waals surface area contributed by atoms with Crippen LogP contribution in [0.5, 0.6) is 0 Å². The zero-order valence-corrected chi connectivity index (χ0v) is 12.7. The van der Waals surface area contributed by atoms with E-state index in [1.54, 1.807) is 23.1 Å². The van der Waals surface area contributed by atoms with E-state index in [-0.39, 0.29) is 24.1 Å². The number of amides is 1. The SMILES string of the molecule is CCN(CCC(=O)OC)C(=O)c1cc2c(F)cccc2s1. The van der Waals surface area contributed by atoms with Crippen LogP contribution in [0.25, 0.3) is 10.1 Å². The topological polar surface area (TPSA) is 46.6 Å². The van der Waals surface area contributed by atoms with Gasteiger partial charge in [-0.15, -0.1) is 11.3 Å². The average Bonchev–Trinajstić information content (AvgIpc) is 2.93. The second-order valence-electron chi connectivity index (χ2n) is 4.47. The molecule has 1 heterocycles. The number of fused-ring (bicyclic) bond motifs is 1. The van der Waals surface area contributed by atoms with E-state index in [4.69, 9.17) is 0 Å². The second-order valence-corrected chi connectivity index (χ2v) is 5.56. The van der Waals surface area contributed by atoms with Crippen LogP contribution in [0.2, 0.25) is 0 Å². The lowest BCUT2D eigenvalue weighted by Gasteiger charge is -2.19. The van der Waals surface area contributed by atoms with Gasteiger partial charge in [-0.3, -0.25) is 9.59 Å². The lowest BCUT2D eigenvalue weighted by atomic mass is 10.2. The van der Waals surface area contributed by atoms with Crippen molar-refractivity contribution in [2.75, 3.05) is 20.2 Å². The molecule has 21 heavy (non-hydrogen) atoms. The first-order chi connectivity index (χ1) is 10.1. The van der Waals surface area contributed by atoms with E-state index in [1.807, 2.05) is 6.92 Å². The second kappa shape index (κ2) is 6.67. The molecule has 1 aromatic carbocycles. The lowest BCUT2D eigenvalue weighted by Crippen LogP contribution is -2.32. The van der Waals surface area contributed by atoms with Crippen LogP contribution in [0.3, 0.4) is 0 Å². The molecule has 6 heteroatoms. The van der Waals surface area contributed by atoms with E-state index in [9.17, 15) is 14.0 Å². The van der Waals surface area contributed by atoms with Crippen LogP contribution in [0, 0.1) is 5.82 Å². The summed E-state index contributed by atoms with van der Waals surface area (Å²) in [5.74, 6) is -0.883. The number of hydrogen-bond acceptors (Lipinski definition) is 4. The molecule has 1 aromatic heterocycles. The van der Waals surface area contributed by atoms with Crippen molar-refractivity contribution in [1.29, 1.82) is 0 Å². The summed E-state index contributed by atoms with van der Waals surface area (Å²) in [5, 5.41) is 0.454. The largest absolute Gasteiger partial charge is 0.469 e. The van der Waals surface area contributed by atoms with Crippen molar-refractivity contribution in [2.45, 2.75) is 13.3 Å². The standard InChI is InChI=1S/C15H16FNO3S/c1-3-17(8-7-14(18)20-2)15(19)13-9-10-11(16)5-4-6-12(10)21-13/h4-6,9H,3,7-8H2,1-2H3. The molecule has 1 amide bonds. The molecule has 2 aromatic rings. The minimum Gasteiger partial charge on any atom is -0.469 e. The zero-order chi connectivity index (χ0) is 15.4. The number of rotatable bonds is 5. The molecular weight excluding hydrogens is 293 g/mol. The molecule has 0 radical (unpaired) electrons.